The van der Waals surface area contributed by atoms with Gasteiger partial charge in [-0.2, -0.15) is 10.2 Å². The van der Waals surface area contributed by atoms with E-state index in [1.54, 1.807) is 0 Å². The molecule has 1 N–H and O–H groups in total. The van der Waals surface area contributed by atoms with Crippen molar-refractivity contribution in [3.05, 3.63) is 59.0 Å². The standard InChI is InChI=1S/C19H21N5O/c1-3-23-13(2)12-17(21-23)19(25)20-18-15-10-7-11-16(15)22-24(18)14-8-5-4-6-9-14/h4-6,8-9,12H,3,7,10-11H2,1-2H3,(H,20,25). The maximum absolute atomic E-state index is 12.7. The summed E-state index contributed by atoms with van der Waals surface area (Å²) in [6.07, 6.45) is 2.99. The minimum atomic E-state index is -0.193. The number of aromatic nitrogens is 4. The quantitative estimate of drug-likeness (QED) is 0.796. The van der Waals surface area contributed by atoms with E-state index in [4.69, 9.17) is 5.10 Å². The van der Waals surface area contributed by atoms with E-state index in [1.165, 1.54) is 0 Å². The smallest absolute Gasteiger partial charge is 0.277 e. The second-order valence-electron chi connectivity index (χ2n) is 6.32. The fraction of sp³-hybridized carbons (Fsp3) is 0.316. The average molecular weight is 335 g/mol. The van der Waals surface area contributed by atoms with Crippen molar-refractivity contribution in [3.8, 4) is 5.69 Å². The molecule has 6 nitrogen and oxygen atoms in total. The van der Waals surface area contributed by atoms with E-state index in [-0.39, 0.29) is 5.91 Å². The Kier molecular flexibility index (Phi) is 3.87. The number of nitrogens with one attached hydrogen (secondary N) is 1. The van der Waals surface area contributed by atoms with Gasteiger partial charge in [-0.1, -0.05) is 18.2 Å². The van der Waals surface area contributed by atoms with E-state index >= 15 is 0 Å². The zero-order valence-electron chi connectivity index (χ0n) is 14.5. The van der Waals surface area contributed by atoms with Crippen LogP contribution in [0.3, 0.4) is 0 Å². The molecule has 128 valence electrons. The normalized spacial score (nSPS) is 13.0. The van der Waals surface area contributed by atoms with Gasteiger partial charge in [-0.25, -0.2) is 4.68 Å². The Labute approximate surface area is 146 Å². The number of fused-ring (bicyclic) bond motifs is 1. The molecule has 2 heterocycles. The minimum absolute atomic E-state index is 0.193. The molecular weight excluding hydrogens is 314 g/mol. The fourth-order valence-corrected chi connectivity index (χ4v) is 3.39. The molecule has 1 aromatic carbocycles. The molecule has 0 atom stereocenters. The van der Waals surface area contributed by atoms with E-state index in [0.717, 1.165) is 54.3 Å². The molecule has 0 radical (unpaired) electrons. The summed E-state index contributed by atoms with van der Waals surface area (Å²) in [6.45, 7) is 4.72. The van der Waals surface area contributed by atoms with Gasteiger partial charge in [-0.05, 0) is 51.3 Å². The van der Waals surface area contributed by atoms with Gasteiger partial charge in [0.25, 0.3) is 5.91 Å². The van der Waals surface area contributed by atoms with Gasteiger partial charge in [0.2, 0.25) is 0 Å². The summed E-state index contributed by atoms with van der Waals surface area (Å²) in [5.74, 6) is 0.578. The van der Waals surface area contributed by atoms with Gasteiger partial charge in [0, 0.05) is 17.8 Å². The number of anilines is 1. The number of rotatable bonds is 4. The molecule has 25 heavy (non-hydrogen) atoms. The van der Waals surface area contributed by atoms with E-state index in [9.17, 15) is 4.79 Å². The van der Waals surface area contributed by atoms with Crippen LogP contribution in [0, 0.1) is 6.92 Å². The Bertz CT molecular complexity index is 923. The Morgan fingerprint density at radius 3 is 2.72 bits per heavy atom. The molecule has 1 amide bonds. The summed E-state index contributed by atoms with van der Waals surface area (Å²) in [5.41, 5.74) is 4.59. The van der Waals surface area contributed by atoms with Gasteiger partial charge >= 0.3 is 0 Å². The topological polar surface area (TPSA) is 64.7 Å². The highest BCUT2D eigenvalue weighted by atomic mass is 16.2. The van der Waals surface area contributed by atoms with Crippen LogP contribution < -0.4 is 5.32 Å². The van der Waals surface area contributed by atoms with Crippen molar-refractivity contribution < 1.29 is 4.79 Å². The molecule has 1 aliphatic carbocycles. The van der Waals surface area contributed by atoms with Gasteiger partial charge in [-0.15, -0.1) is 0 Å². The summed E-state index contributed by atoms with van der Waals surface area (Å²) >= 11 is 0. The number of hydrogen-bond acceptors (Lipinski definition) is 3. The molecule has 3 aromatic rings. The largest absolute Gasteiger partial charge is 0.305 e. The Hall–Kier alpha value is -2.89. The highest BCUT2D eigenvalue weighted by Gasteiger charge is 2.25. The van der Waals surface area contributed by atoms with Crippen molar-refractivity contribution in [1.29, 1.82) is 0 Å². The van der Waals surface area contributed by atoms with Crippen LogP contribution >= 0.6 is 0 Å². The summed E-state index contributed by atoms with van der Waals surface area (Å²) in [6, 6.07) is 11.7. The van der Waals surface area contributed by atoms with Gasteiger partial charge in [0.1, 0.15) is 5.82 Å². The third-order valence-electron chi connectivity index (χ3n) is 4.65. The van der Waals surface area contributed by atoms with Crippen molar-refractivity contribution in [2.24, 2.45) is 0 Å². The monoisotopic (exact) mass is 335 g/mol. The first-order chi connectivity index (χ1) is 12.2. The van der Waals surface area contributed by atoms with Gasteiger partial charge in [-0.3, -0.25) is 9.48 Å². The lowest BCUT2D eigenvalue weighted by molar-refractivity contribution is 0.102. The van der Waals surface area contributed by atoms with Crippen LogP contribution in [0.4, 0.5) is 5.82 Å². The number of para-hydroxylation sites is 1. The first kappa shape index (κ1) is 15.6. The lowest BCUT2D eigenvalue weighted by atomic mass is 10.2. The van der Waals surface area contributed by atoms with Gasteiger partial charge in [0.05, 0.1) is 11.4 Å². The predicted molar refractivity (Wildman–Crippen MR) is 96.2 cm³/mol. The van der Waals surface area contributed by atoms with E-state index < -0.39 is 0 Å². The zero-order valence-corrected chi connectivity index (χ0v) is 14.5. The van der Waals surface area contributed by atoms with E-state index in [1.807, 2.05) is 59.6 Å². The maximum atomic E-state index is 12.7. The van der Waals surface area contributed by atoms with Crippen LogP contribution in [0.15, 0.2) is 36.4 Å². The van der Waals surface area contributed by atoms with Gasteiger partial charge in [0.15, 0.2) is 5.69 Å². The van der Waals surface area contributed by atoms with Crippen molar-refractivity contribution >= 4 is 11.7 Å². The summed E-state index contributed by atoms with van der Waals surface area (Å²) in [4.78, 5) is 12.7. The van der Waals surface area contributed by atoms with Crippen LogP contribution in [-0.4, -0.2) is 25.5 Å². The number of aryl methyl sites for hydroxylation is 3. The van der Waals surface area contributed by atoms with Crippen molar-refractivity contribution in [3.63, 3.8) is 0 Å². The highest BCUT2D eigenvalue weighted by molar-refractivity contribution is 6.03. The number of amides is 1. The van der Waals surface area contributed by atoms with Crippen LogP contribution in [-0.2, 0) is 19.4 Å². The van der Waals surface area contributed by atoms with Crippen LogP contribution in [0.5, 0.6) is 0 Å². The van der Waals surface area contributed by atoms with E-state index in [0.29, 0.717) is 5.69 Å². The lowest BCUT2D eigenvalue weighted by Gasteiger charge is -2.10. The second kappa shape index (κ2) is 6.20. The molecule has 6 heteroatoms. The Morgan fingerprint density at radius 2 is 2.00 bits per heavy atom. The molecular formula is C19H21N5O. The third-order valence-corrected chi connectivity index (χ3v) is 4.65. The maximum Gasteiger partial charge on any atom is 0.277 e. The highest BCUT2D eigenvalue weighted by Crippen LogP contribution is 2.31. The lowest BCUT2D eigenvalue weighted by Crippen LogP contribution is -2.17. The molecule has 0 saturated heterocycles. The fourth-order valence-electron chi connectivity index (χ4n) is 3.39. The Morgan fingerprint density at radius 1 is 1.20 bits per heavy atom. The summed E-state index contributed by atoms with van der Waals surface area (Å²) < 4.78 is 3.67. The molecule has 0 saturated carbocycles. The number of carbonyl (C=O) groups is 1. The average Bonchev–Trinajstić information content (AvgIpc) is 3.31. The molecule has 2 aromatic heterocycles. The van der Waals surface area contributed by atoms with Crippen molar-refractivity contribution in [2.45, 2.75) is 39.7 Å². The minimum Gasteiger partial charge on any atom is -0.305 e. The zero-order chi connectivity index (χ0) is 17.4. The molecule has 0 aliphatic heterocycles. The number of carbonyl (C=O) groups excluding carboxylic acids is 1. The van der Waals surface area contributed by atoms with Gasteiger partial charge < -0.3 is 5.32 Å². The number of hydrogen-bond donors (Lipinski definition) is 1. The predicted octanol–water partition coefficient (Wildman–Crippen LogP) is 3.14. The first-order valence-corrected chi connectivity index (χ1v) is 8.69. The SMILES string of the molecule is CCn1nc(C(=O)Nc2c3c(nn2-c2ccccc2)CCC3)cc1C. The molecule has 0 bridgehead atoms. The molecule has 4 rings (SSSR count). The summed E-state index contributed by atoms with van der Waals surface area (Å²) in [7, 11) is 0. The molecule has 0 fully saturated rings. The second-order valence-corrected chi connectivity index (χ2v) is 6.32. The van der Waals surface area contributed by atoms with Crippen LogP contribution in [0.1, 0.15) is 40.8 Å². The molecule has 0 spiro atoms. The number of benzene rings is 1. The number of nitrogens with zero attached hydrogens (tertiary/aromatic N) is 4. The molecule has 1 aliphatic rings. The summed E-state index contributed by atoms with van der Waals surface area (Å²) in [5, 5.41) is 12.2. The van der Waals surface area contributed by atoms with E-state index in [2.05, 4.69) is 10.4 Å². The van der Waals surface area contributed by atoms with Crippen LogP contribution in [0.25, 0.3) is 5.69 Å². The van der Waals surface area contributed by atoms with Crippen molar-refractivity contribution in [1.82, 2.24) is 19.6 Å². The Balaban J connectivity index is 1.71. The third kappa shape index (κ3) is 2.73. The van der Waals surface area contributed by atoms with Crippen LogP contribution in [0.2, 0.25) is 0 Å². The first-order valence-electron chi connectivity index (χ1n) is 8.69. The molecule has 0 unspecified atom stereocenters. The van der Waals surface area contributed by atoms with Crippen molar-refractivity contribution in [2.75, 3.05) is 5.32 Å².